The Morgan fingerprint density at radius 1 is 1.12 bits per heavy atom. The van der Waals surface area contributed by atoms with Gasteiger partial charge in [0.25, 0.3) is 5.91 Å². The summed E-state index contributed by atoms with van der Waals surface area (Å²) in [5.41, 5.74) is 1.50. The van der Waals surface area contributed by atoms with Gasteiger partial charge < -0.3 is 10.4 Å². The Kier molecular flexibility index (Phi) is 5.06. The molecule has 0 saturated carbocycles. The first-order valence-electron chi connectivity index (χ1n) is 7.42. The molecule has 0 spiro atoms. The van der Waals surface area contributed by atoms with Crippen LogP contribution >= 0.6 is 11.6 Å². The van der Waals surface area contributed by atoms with Crippen molar-refractivity contribution in [2.24, 2.45) is 0 Å². The number of carbonyl (C=O) groups is 1. The van der Waals surface area contributed by atoms with Crippen molar-refractivity contribution in [2.45, 2.75) is 13.2 Å². The Balaban J connectivity index is 1.77. The zero-order valence-corrected chi connectivity index (χ0v) is 13.7. The molecule has 3 aromatic rings. The Morgan fingerprint density at radius 2 is 1.80 bits per heavy atom. The smallest absolute Gasteiger partial charge is 0.274 e. The number of aromatic nitrogens is 3. The molecule has 0 aliphatic carbocycles. The average molecular weight is 361 g/mol. The van der Waals surface area contributed by atoms with Crippen LogP contribution < -0.4 is 5.32 Å². The molecule has 0 fully saturated rings. The van der Waals surface area contributed by atoms with Gasteiger partial charge in [0, 0.05) is 11.6 Å². The fourth-order valence-electron chi connectivity index (χ4n) is 2.18. The predicted octanol–water partition coefficient (Wildman–Crippen LogP) is 2.48. The van der Waals surface area contributed by atoms with Gasteiger partial charge in [0.2, 0.25) is 0 Å². The second-order valence-corrected chi connectivity index (χ2v) is 5.66. The lowest BCUT2D eigenvalue weighted by Crippen LogP contribution is -2.24. The molecule has 0 atom stereocenters. The maximum atomic E-state index is 13.0. The van der Waals surface area contributed by atoms with Gasteiger partial charge in [-0.25, -0.2) is 4.39 Å². The molecule has 0 radical (unpaired) electrons. The van der Waals surface area contributed by atoms with Gasteiger partial charge in [-0.3, -0.25) is 4.79 Å². The molecular weight excluding hydrogens is 347 g/mol. The number of carbonyl (C=O) groups excluding carboxylic acids is 1. The molecule has 0 aliphatic rings. The quantitative estimate of drug-likeness (QED) is 0.732. The highest BCUT2D eigenvalue weighted by Crippen LogP contribution is 2.12. The molecule has 0 saturated heterocycles. The van der Waals surface area contributed by atoms with Crippen molar-refractivity contribution >= 4 is 17.5 Å². The van der Waals surface area contributed by atoms with Crippen molar-refractivity contribution in [3.05, 3.63) is 76.3 Å². The molecule has 0 unspecified atom stereocenters. The van der Waals surface area contributed by atoms with Crippen LogP contribution in [0.5, 0.6) is 0 Å². The number of nitrogens with zero attached hydrogens (tertiary/aromatic N) is 3. The second kappa shape index (κ2) is 7.42. The van der Waals surface area contributed by atoms with Crippen LogP contribution in [0.1, 0.15) is 21.7 Å². The maximum absolute atomic E-state index is 13.0. The standard InChI is InChI=1S/C17H14ClFN4O2/c18-12-3-1-11(2-4-12)9-20-17(25)16-15(10-24)21-23(22-16)14-7-5-13(19)6-8-14/h1-8,24H,9-10H2,(H,20,25). The van der Waals surface area contributed by atoms with Crippen LogP contribution in [0, 0.1) is 5.82 Å². The highest BCUT2D eigenvalue weighted by molar-refractivity contribution is 6.30. The minimum Gasteiger partial charge on any atom is -0.390 e. The van der Waals surface area contributed by atoms with Gasteiger partial charge in [0.1, 0.15) is 11.5 Å². The summed E-state index contributed by atoms with van der Waals surface area (Å²) in [5, 5.41) is 20.9. The summed E-state index contributed by atoms with van der Waals surface area (Å²) in [6.07, 6.45) is 0. The van der Waals surface area contributed by atoms with Crippen molar-refractivity contribution in [1.82, 2.24) is 20.3 Å². The first-order chi connectivity index (χ1) is 12.1. The van der Waals surface area contributed by atoms with Gasteiger partial charge in [-0.1, -0.05) is 23.7 Å². The monoisotopic (exact) mass is 360 g/mol. The summed E-state index contributed by atoms with van der Waals surface area (Å²) in [7, 11) is 0. The lowest BCUT2D eigenvalue weighted by Gasteiger charge is -2.04. The Labute approximate surface area is 147 Å². The van der Waals surface area contributed by atoms with Crippen LogP contribution in [-0.4, -0.2) is 26.0 Å². The Hall–Kier alpha value is -2.77. The summed E-state index contributed by atoms with van der Waals surface area (Å²) in [6, 6.07) is 12.5. The molecule has 1 heterocycles. The molecule has 25 heavy (non-hydrogen) atoms. The zero-order valence-electron chi connectivity index (χ0n) is 13.0. The van der Waals surface area contributed by atoms with E-state index in [0.29, 0.717) is 10.7 Å². The summed E-state index contributed by atoms with van der Waals surface area (Å²) in [5.74, 6) is -0.855. The van der Waals surface area contributed by atoms with Crippen LogP contribution in [0.2, 0.25) is 5.02 Å². The zero-order chi connectivity index (χ0) is 17.8. The lowest BCUT2D eigenvalue weighted by molar-refractivity contribution is 0.0942. The number of hydrogen-bond acceptors (Lipinski definition) is 4. The molecule has 2 aromatic carbocycles. The molecule has 2 N–H and O–H groups in total. The topological polar surface area (TPSA) is 80.0 Å². The van der Waals surface area contributed by atoms with Gasteiger partial charge in [0.05, 0.1) is 12.3 Å². The minimum absolute atomic E-state index is 0.0146. The second-order valence-electron chi connectivity index (χ2n) is 5.23. The molecule has 0 aliphatic heterocycles. The van der Waals surface area contributed by atoms with E-state index < -0.39 is 12.5 Å². The van der Waals surface area contributed by atoms with E-state index in [1.54, 1.807) is 24.3 Å². The first kappa shape index (κ1) is 17.1. The third-order valence-electron chi connectivity index (χ3n) is 3.47. The Bertz CT molecular complexity index is 879. The molecule has 6 nitrogen and oxygen atoms in total. The summed E-state index contributed by atoms with van der Waals surface area (Å²) in [4.78, 5) is 13.5. The van der Waals surface area contributed by atoms with E-state index in [2.05, 4.69) is 15.5 Å². The van der Waals surface area contributed by atoms with Crippen LogP contribution in [0.25, 0.3) is 5.69 Å². The van der Waals surface area contributed by atoms with Crippen LogP contribution in [0.4, 0.5) is 4.39 Å². The SMILES string of the molecule is O=C(NCc1ccc(Cl)cc1)c1nn(-c2ccc(F)cc2)nc1CO. The van der Waals surface area contributed by atoms with Crippen molar-refractivity contribution in [1.29, 1.82) is 0 Å². The van der Waals surface area contributed by atoms with E-state index in [9.17, 15) is 14.3 Å². The normalized spacial score (nSPS) is 10.7. The molecule has 0 bridgehead atoms. The number of hydrogen-bond donors (Lipinski definition) is 2. The van der Waals surface area contributed by atoms with Gasteiger partial charge in [0.15, 0.2) is 5.69 Å². The fraction of sp³-hybridized carbons (Fsp3) is 0.118. The van der Waals surface area contributed by atoms with Crippen LogP contribution in [0.15, 0.2) is 48.5 Å². The summed E-state index contributed by atoms with van der Waals surface area (Å²) < 4.78 is 13.0. The van der Waals surface area contributed by atoms with Gasteiger partial charge in [-0.05, 0) is 42.0 Å². The van der Waals surface area contributed by atoms with E-state index in [-0.39, 0.29) is 23.7 Å². The summed E-state index contributed by atoms with van der Waals surface area (Å²) in [6.45, 7) is -0.158. The minimum atomic E-state index is -0.465. The maximum Gasteiger partial charge on any atom is 0.274 e. The van der Waals surface area contributed by atoms with Crippen molar-refractivity contribution in [3.8, 4) is 5.69 Å². The largest absolute Gasteiger partial charge is 0.390 e. The number of aliphatic hydroxyl groups is 1. The first-order valence-corrected chi connectivity index (χ1v) is 7.80. The number of benzene rings is 2. The number of amides is 1. The molecule has 8 heteroatoms. The molecule has 3 rings (SSSR count). The number of nitrogens with one attached hydrogen (secondary N) is 1. The van der Waals surface area contributed by atoms with Gasteiger partial charge in [-0.15, -0.1) is 10.2 Å². The number of aliphatic hydroxyl groups excluding tert-OH is 1. The number of halogens is 2. The number of rotatable bonds is 5. The third-order valence-corrected chi connectivity index (χ3v) is 3.72. The van der Waals surface area contributed by atoms with Crippen LogP contribution in [0.3, 0.4) is 0 Å². The third kappa shape index (κ3) is 4.01. The van der Waals surface area contributed by atoms with E-state index in [1.807, 2.05) is 0 Å². The highest BCUT2D eigenvalue weighted by Gasteiger charge is 2.18. The van der Waals surface area contributed by atoms with Crippen molar-refractivity contribution in [2.75, 3.05) is 0 Å². The highest BCUT2D eigenvalue weighted by atomic mass is 35.5. The fourth-order valence-corrected chi connectivity index (χ4v) is 2.30. The van der Waals surface area contributed by atoms with Crippen LogP contribution in [-0.2, 0) is 13.2 Å². The van der Waals surface area contributed by atoms with E-state index >= 15 is 0 Å². The van der Waals surface area contributed by atoms with E-state index in [1.165, 1.54) is 29.1 Å². The van der Waals surface area contributed by atoms with Crippen molar-refractivity contribution in [3.63, 3.8) is 0 Å². The average Bonchev–Trinajstić information content (AvgIpc) is 3.06. The molecule has 1 amide bonds. The lowest BCUT2D eigenvalue weighted by atomic mass is 10.2. The van der Waals surface area contributed by atoms with E-state index in [0.717, 1.165) is 5.56 Å². The van der Waals surface area contributed by atoms with Crippen molar-refractivity contribution < 1.29 is 14.3 Å². The molecule has 128 valence electrons. The predicted molar refractivity (Wildman–Crippen MR) is 89.9 cm³/mol. The van der Waals surface area contributed by atoms with Gasteiger partial charge >= 0.3 is 0 Å². The Morgan fingerprint density at radius 3 is 2.44 bits per heavy atom. The summed E-state index contributed by atoms with van der Waals surface area (Å²) >= 11 is 5.82. The van der Waals surface area contributed by atoms with Gasteiger partial charge in [-0.2, -0.15) is 4.80 Å². The molecule has 1 aromatic heterocycles. The van der Waals surface area contributed by atoms with E-state index in [4.69, 9.17) is 11.6 Å². The molecular formula is C17H14ClFN4O2.